The second-order valence-electron chi connectivity index (χ2n) is 6.03. The van der Waals surface area contributed by atoms with Crippen molar-refractivity contribution in [1.29, 1.82) is 0 Å². The molecule has 0 unspecified atom stereocenters. The molecule has 138 valence electrons. The van der Waals surface area contributed by atoms with Crippen LogP contribution in [-0.4, -0.2) is 89.5 Å². The van der Waals surface area contributed by atoms with Gasteiger partial charge < -0.3 is 24.6 Å². The molecule has 0 radical (unpaired) electrons. The van der Waals surface area contributed by atoms with Gasteiger partial charge in [0.15, 0.2) is 5.96 Å². The monoisotopic (exact) mass is 442 g/mol. The zero-order valence-electron chi connectivity index (χ0n) is 15.2. The summed E-state index contributed by atoms with van der Waals surface area (Å²) in [4.78, 5) is 8.94. The van der Waals surface area contributed by atoms with Crippen molar-refractivity contribution in [2.45, 2.75) is 31.8 Å². The summed E-state index contributed by atoms with van der Waals surface area (Å²) in [7, 11) is 7.80. The van der Waals surface area contributed by atoms with Gasteiger partial charge in [0.2, 0.25) is 0 Å². The van der Waals surface area contributed by atoms with Crippen molar-refractivity contribution in [1.82, 2.24) is 15.1 Å². The van der Waals surface area contributed by atoms with Crippen LogP contribution in [0.3, 0.4) is 0 Å². The van der Waals surface area contributed by atoms with Gasteiger partial charge in [0.25, 0.3) is 0 Å². The highest BCUT2D eigenvalue weighted by molar-refractivity contribution is 14.0. The third kappa shape index (κ3) is 10.4. The Morgan fingerprint density at radius 1 is 1.22 bits per heavy atom. The van der Waals surface area contributed by atoms with Crippen LogP contribution >= 0.6 is 24.0 Å². The zero-order valence-corrected chi connectivity index (χ0v) is 17.5. The van der Waals surface area contributed by atoms with Gasteiger partial charge >= 0.3 is 0 Å². The Kier molecular flexibility index (Phi) is 14.2. The molecule has 1 aliphatic heterocycles. The van der Waals surface area contributed by atoms with Crippen LogP contribution < -0.4 is 5.32 Å². The van der Waals surface area contributed by atoms with Crippen molar-refractivity contribution >= 4 is 29.9 Å². The second-order valence-corrected chi connectivity index (χ2v) is 6.03. The third-order valence-electron chi connectivity index (χ3n) is 3.86. The van der Waals surface area contributed by atoms with Crippen LogP contribution in [0.2, 0.25) is 0 Å². The number of guanidine groups is 1. The molecule has 0 saturated carbocycles. The average Bonchev–Trinajstić information content (AvgIpc) is 2.52. The second kappa shape index (κ2) is 14.2. The number of nitrogens with one attached hydrogen (secondary N) is 1. The highest BCUT2D eigenvalue weighted by atomic mass is 127. The molecule has 1 N–H and O–H groups in total. The fourth-order valence-corrected chi connectivity index (χ4v) is 2.62. The highest BCUT2D eigenvalue weighted by Gasteiger charge is 2.21. The van der Waals surface area contributed by atoms with E-state index in [4.69, 9.17) is 9.47 Å². The Morgan fingerprint density at radius 3 is 2.48 bits per heavy atom. The maximum Gasteiger partial charge on any atom is 0.193 e. The molecule has 0 aromatic carbocycles. The van der Waals surface area contributed by atoms with Crippen molar-refractivity contribution in [3.8, 4) is 0 Å². The van der Waals surface area contributed by atoms with E-state index >= 15 is 0 Å². The van der Waals surface area contributed by atoms with Gasteiger partial charge in [-0.15, -0.1) is 24.0 Å². The summed E-state index contributed by atoms with van der Waals surface area (Å²) >= 11 is 0. The lowest BCUT2D eigenvalue weighted by Gasteiger charge is -2.34. The van der Waals surface area contributed by atoms with Crippen LogP contribution in [0.25, 0.3) is 0 Å². The lowest BCUT2D eigenvalue weighted by Crippen LogP contribution is -2.47. The molecule has 0 aromatic rings. The van der Waals surface area contributed by atoms with Crippen molar-refractivity contribution in [2.24, 2.45) is 4.99 Å². The lowest BCUT2D eigenvalue weighted by atomic mass is 10.1. The Labute approximate surface area is 159 Å². The molecule has 0 amide bonds. The zero-order chi connectivity index (χ0) is 16.2. The van der Waals surface area contributed by atoms with Gasteiger partial charge in [-0.05, 0) is 46.3 Å². The van der Waals surface area contributed by atoms with Crippen LogP contribution in [-0.2, 0) is 9.47 Å². The predicted octanol–water partition coefficient (Wildman–Crippen LogP) is 1.65. The number of likely N-dealkylation sites (tertiary alicyclic amines) is 1. The number of hydrogen-bond donors (Lipinski definition) is 1. The van der Waals surface area contributed by atoms with E-state index in [1.807, 2.05) is 7.05 Å². The largest absolute Gasteiger partial charge is 0.385 e. The molecule has 1 heterocycles. The first-order valence-corrected chi connectivity index (χ1v) is 8.38. The lowest BCUT2D eigenvalue weighted by molar-refractivity contribution is 0.00991. The van der Waals surface area contributed by atoms with Crippen molar-refractivity contribution in [3.63, 3.8) is 0 Å². The number of halogens is 1. The topological polar surface area (TPSA) is 49.3 Å². The quantitative estimate of drug-likeness (QED) is 0.255. The fourth-order valence-electron chi connectivity index (χ4n) is 2.62. The Hall–Kier alpha value is -0.120. The third-order valence-corrected chi connectivity index (χ3v) is 3.86. The standard InChI is InChI=1S/C16H34N4O2.HI/c1-17-16(18-9-5-10-19(2)3)20-11-7-15(8-12-20)22-14-6-13-21-4;/h15H,5-14H2,1-4H3,(H,17,18);1H. The van der Waals surface area contributed by atoms with E-state index in [0.717, 1.165) is 71.0 Å². The van der Waals surface area contributed by atoms with Crippen LogP contribution in [0, 0.1) is 0 Å². The fraction of sp³-hybridized carbons (Fsp3) is 0.938. The Bertz CT molecular complexity index is 308. The minimum atomic E-state index is 0. The molecule has 7 heteroatoms. The summed E-state index contributed by atoms with van der Waals surface area (Å²) in [5.74, 6) is 1.02. The molecule has 6 nitrogen and oxygen atoms in total. The van der Waals surface area contributed by atoms with Crippen LogP contribution in [0.5, 0.6) is 0 Å². The van der Waals surface area contributed by atoms with E-state index in [1.54, 1.807) is 7.11 Å². The normalized spacial score (nSPS) is 16.6. The first-order valence-electron chi connectivity index (χ1n) is 8.38. The van der Waals surface area contributed by atoms with Crippen molar-refractivity contribution in [3.05, 3.63) is 0 Å². The number of nitrogens with zero attached hydrogens (tertiary/aromatic N) is 3. The van der Waals surface area contributed by atoms with E-state index in [9.17, 15) is 0 Å². The number of ether oxygens (including phenoxy) is 2. The SMILES string of the molecule is CN=C(NCCCN(C)C)N1CCC(OCCCOC)CC1.I. The molecule has 0 atom stereocenters. The van der Waals surface area contributed by atoms with E-state index in [2.05, 4.69) is 34.2 Å². The minimum Gasteiger partial charge on any atom is -0.385 e. The first kappa shape index (κ1) is 22.9. The van der Waals surface area contributed by atoms with Gasteiger partial charge in [-0.3, -0.25) is 4.99 Å². The molecule has 1 aliphatic rings. The number of aliphatic imine (C=N–C) groups is 1. The van der Waals surface area contributed by atoms with Gasteiger partial charge in [-0.2, -0.15) is 0 Å². The molecule has 0 bridgehead atoms. The average molecular weight is 442 g/mol. The van der Waals surface area contributed by atoms with E-state index in [0.29, 0.717) is 6.10 Å². The smallest absolute Gasteiger partial charge is 0.193 e. The number of piperidine rings is 1. The Balaban J connectivity index is 0.00000484. The van der Waals surface area contributed by atoms with E-state index in [1.165, 1.54) is 0 Å². The predicted molar refractivity (Wildman–Crippen MR) is 107 cm³/mol. The first-order chi connectivity index (χ1) is 10.7. The van der Waals surface area contributed by atoms with Gasteiger partial charge in [0.05, 0.1) is 6.10 Å². The molecular formula is C16H35IN4O2. The summed E-state index contributed by atoms with van der Waals surface area (Å²) in [6, 6.07) is 0. The van der Waals surface area contributed by atoms with Crippen molar-refractivity contribution in [2.75, 3.05) is 67.6 Å². The summed E-state index contributed by atoms with van der Waals surface area (Å²) < 4.78 is 10.9. The molecular weight excluding hydrogens is 407 g/mol. The summed E-state index contributed by atoms with van der Waals surface area (Å²) in [6.07, 6.45) is 4.65. The molecule has 1 rings (SSSR count). The maximum absolute atomic E-state index is 5.90. The number of methoxy groups -OCH3 is 1. The maximum atomic E-state index is 5.90. The van der Waals surface area contributed by atoms with E-state index in [-0.39, 0.29) is 24.0 Å². The molecule has 0 aliphatic carbocycles. The summed E-state index contributed by atoms with van der Waals surface area (Å²) in [6.45, 7) is 5.68. The Morgan fingerprint density at radius 2 is 1.91 bits per heavy atom. The molecule has 23 heavy (non-hydrogen) atoms. The van der Waals surface area contributed by atoms with Crippen molar-refractivity contribution < 1.29 is 9.47 Å². The van der Waals surface area contributed by atoms with Gasteiger partial charge in [-0.1, -0.05) is 0 Å². The number of rotatable bonds is 9. The van der Waals surface area contributed by atoms with Gasteiger partial charge in [0.1, 0.15) is 0 Å². The van der Waals surface area contributed by atoms with E-state index < -0.39 is 0 Å². The molecule has 1 fully saturated rings. The number of hydrogen-bond acceptors (Lipinski definition) is 4. The highest BCUT2D eigenvalue weighted by Crippen LogP contribution is 2.14. The van der Waals surface area contributed by atoms with Crippen LogP contribution in [0.4, 0.5) is 0 Å². The molecule has 0 spiro atoms. The van der Waals surface area contributed by atoms with Gasteiger partial charge in [-0.25, -0.2) is 0 Å². The molecule has 0 aromatic heterocycles. The molecule has 1 saturated heterocycles. The minimum absolute atomic E-state index is 0. The van der Waals surface area contributed by atoms with Gasteiger partial charge in [0, 0.05) is 47.0 Å². The van der Waals surface area contributed by atoms with Crippen LogP contribution in [0.15, 0.2) is 4.99 Å². The summed E-state index contributed by atoms with van der Waals surface area (Å²) in [5, 5.41) is 3.46. The van der Waals surface area contributed by atoms with Crippen LogP contribution in [0.1, 0.15) is 25.7 Å². The summed E-state index contributed by atoms with van der Waals surface area (Å²) in [5.41, 5.74) is 0.